The predicted octanol–water partition coefficient (Wildman–Crippen LogP) is -0.208. The summed E-state index contributed by atoms with van der Waals surface area (Å²) in [5, 5.41) is 2.31. The molecule has 0 atom stereocenters. The van der Waals surface area contributed by atoms with Crippen molar-refractivity contribution < 1.29 is 17.9 Å². The molecule has 21 heavy (non-hydrogen) atoms. The lowest BCUT2D eigenvalue weighted by atomic mass is 10.4. The van der Waals surface area contributed by atoms with Crippen molar-refractivity contribution in [3.63, 3.8) is 0 Å². The van der Waals surface area contributed by atoms with Crippen molar-refractivity contribution in [2.45, 2.75) is 13.8 Å². The van der Waals surface area contributed by atoms with E-state index in [0.29, 0.717) is 24.6 Å². The lowest BCUT2D eigenvalue weighted by Gasteiger charge is -2.25. The average molecular weight is 315 g/mol. The van der Waals surface area contributed by atoms with E-state index in [1.807, 2.05) is 4.72 Å². The SMILES string of the molecule is Cc1cc(C)nc(NC(=O)NS(=O)(=O)N2CCOCC2)n1. The first-order chi connectivity index (χ1) is 9.87. The van der Waals surface area contributed by atoms with Crippen LogP contribution in [-0.4, -0.2) is 55.0 Å². The van der Waals surface area contributed by atoms with Gasteiger partial charge in [-0.3, -0.25) is 5.32 Å². The van der Waals surface area contributed by atoms with Gasteiger partial charge in [0.2, 0.25) is 5.95 Å². The highest BCUT2D eigenvalue weighted by atomic mass is 32.2. The second kappa shape index (κ2) is 6.33. The van der Waals surface area contributed by atoms with Gasteiger partial charge in [0, 0.05) is 24.5 Å². The topological polar surface area (TPSA) is 114 Å². The Hall–Kier alpha value is -1.78. The van der Waals surface area contributed by atoms with Crippen molar-refractivity contribution in [1.29, 1.82) is 0 Å². The van der Waals surface area contributed by atoms with Crippen LogP contribution in [0.4, 0.5) is 10.7 Å². The van der Waals surface area contributed by atoms with Gasteiger partial charge in [0.05, 0.1) is 13.2 Å². The van der Waals surface area contributed by atoms with E-state index >= 15 is 0 Å². The van der Waals surface area contributed by atoms with Gasteiger partial charge < -0.3 is 4.74 Å². The number of anilines is 1. The van der Waals surface area contributed by atoms with Crippen LogP contribution in [0.15, 0.2) is 6.07 Å². The molecule has 1 saturated heterocycles. The van der Waals surface area contributed by atoms with Crippen molar-refractivity contribution in [2.75, 3.05) is 31.6 Å². The third kappa shape index (κ3) is 4.34. The Morgan fingerprint density at radius 3 is 2.38 bits per heavy atom. The molecule has 0 radical (unpaired) electrons. The summed E-state index contributed by atoms with van der Waals surface area (Å²) in [5.41, 5.74) is 1.35. The van der Waals surface area contributed by atoms with Crippen molar-refractivity contribution in [3.8, 4) is 0 Å². The zero-order chi connectivity index (χ0) is 15.5. The van der Waals surface area contributed by atoms with Crippen molar-refractivity contribution in [3.05, 3.63) is 17.5 Å². The number of ether oxygens (including phenoxy) is 1. The summed E-state index contributed by atoms with van der Waals surface area (Å²) in [7, 11) is -3.89. The van der Waals surface area contributed by atoms with E-state index in [9.17, 15) is 13.2 Å². The van der Waals surface area contributed by atoms with Gasteiger partial charge in [0.1, 0.15) is 0 Å². The van der Waals surface area contributed by atoms with Gasteiger partial charge in [-0.25, -0.2) is 19.5 Å². The molecular weight excluding hydrogens is 298 g/mol. The standard InChI is InChI=1S/C11H17N5O4S/c1-8-7-9(2)13-10(12-8)14-11(17)15-21(18,19)16-3-5-20-6-4-16/h7H,3-6H2,1-2H3,(H2,12,13,14,15,17). The summed E-state index contributed by atoms with van der Waals surface area (Å²) in [6, 6.07) is 0.847. The number of carbonyl (C=O) groups is 1. The highest BCUT2D eigenvalue weighted by molar-refractivity contribution is 7.87. The number of aryl methyl sites for hydroxylation is 2. The van der Waals surface area contributed by atoms with Crippen molar-refractivity contribution in [1.82, 2.24) is 19.0 Å². The van der Waals surface area contributed by atoms with E-state index in [4.69, 9.17) is 4.74 Å². The molecule has 2 heterocycles. The maximum Gasteiger partial charge on any atom is 0.336 e. The molecule has 0 saturated carbocycles. The quantitative estimate of drug-likeness (QED) is 0.798. The number of nitrogens with zero attached hydrogens (tertiary/aromatic N) is 3. The number of rotatable bonds is 3. The number of amides is 2. The molecule has 2 rings (SSSR count). The third-order valence-corrected chi connectivity index (χ3v) is 4.23. The first-order valence-corrected chi connectivity index (χ1v) is 7.80. The van der Waals surface area contributed by atoms with Gasteiger partial charge in [0.15, 0.2) is 0 Å². The van der Waals surface area contributed by atoms with Gasteiger partial charge in [-0.15, -0.1) is 0 Å². The maximum absolute atomic E-state index is 12.0. The first kappa shape index (κ1) is 15.6. The van der Waals surface area contributed by atoms with Crippen LogP contribution in [0.3, 0.4) is 0 Å². The molecule has 0 aliphatic carbocycles. The van der Waals surface area contributed by atoms with Gasteiger partial charge >= 0.3 is 16.2 Å². The molecule has 10 heteroatoms. The molecule has 2 N–H and O–H groups in total. The summed E-state index contributed by atoms with van der Waals surface area (Å²) in [4.78, 5) is 19.8. The normalized spacial score (nSPS) is 16.5. The largest absolute Gasteiger partial charge is 0.379 e. The molecule has 9 nitrogen and oxygen atoms in total. The van der Waals surface area contributed by atoms with E-state index in [1.54, 1.807) is 19.9 Å². The maximum atomic E-state index is 12.0. The number of urea groups is 1. The van der Waals surface area contributed by atoms with E-state index in [0.717, 1.165) is 4.31 Å². The summed E-state index contributed by atoms with van der Waals surface area (Å²) >= 11 is 0. The number of nitrogens with one attached hydrogen (secondary N) is 2. The zero-order valence-electron chi connectivity index (χ0n) is 11.8. The Balaban J connectivity index is 2.00. The van der Waals surface area contributed by atoms with Crippen LogP contribution in [-0.2, 0) is 14.9 Å². The number of hydrogen-bond donors (Lipinski definition) is 2. The molecular formula is C11H17N5O4S. The Bertz CT molecular complexity index is 607. The Morgan fingerprint density at radius 2 is 1.81 bits per heavy atom. The van der Waals surface area contributed by atoms with E-state index in [2.05, 4.69) is 15.3 Å². The van der Waals surface area contributed by atoms with E-state index < -0.39 is 16.2 Å². The number of hydrogen-bond acceptors (Lipinski definition) is 6. The van der Waals surface area contributed by atoms with Crippen LogP contribution in [0.5, 0.6) is 0 Å². The minimum atomic E-state index is -3.89. The Labute approximate surface area is 122 Å². The fourth-order valence-electron chi connectivity index (χ4n) is 1.88. The van der Waals surface area contributed by atoms with E-state index in [1.165, 1.54) is 0 Å². The second-order valence-electron chi connectivity index (χ2n) is 4.55. The molecule has 1 aromatic rings. The fraction of sp³-hybridized carbons (Fsp3) is 0.545. The molecule has 0 unspecified atom stereocenters. The van der Waals surface area contributed by atoms with Crippen molar-refractivity contribution >= 4 is 22.2 Å². The second-order valence-corrected chi connectivity index (χ2v) is 6.22. The monoisotopic (exact) mass is 315 g/mol. The number of morpholine rings is 1. The van der Waals surface area contributed by atoms with Crippen LogP contribution in [0.1, 0.15) is 11.4 Å². The fourth-order valence-corrected chi connectivity index (χ4v) is 2.92. The van der Waals surface area contributed by atoms with Gasteiger partial charge in [-0.05, 0) is 19.9 Å². The Kier molecular flexibility index (Phi) is 4.70. The Morgan fingerprint density at radius 1 is 1.24 bits per heavy atom. The number of carbonyl (C=O) groups excluding carboxylic acids is 1. The van der Waals surface area contributed by atoms with Crippen LogP contribution < -0.4 is 10.0 Å². The molecule has 1 aliphatic rings. The van der Waals surface area contributed by atoms with Gasteiger partial charge in [-0.2, -0.15) is 12.7 Å². The summed E-state index contributed by atoms with van der Waals surface area (Å²) in [5.74, 6) is 0.0576. The molecule has 1 aliphatic heterocycles. The van der Waals surface area contributed by atoms with Crippen LogP contribution in [0.2, 0.25) is 0 Å². The minimum Gasteiger partial charge on any atom is -0.379 e. The van der Waals surface area contributed by atoms with Crippen LogP contribution in [0, 0.1) is 13.8 Å². The first-order valence-electron chi connectivity index (χ1n) is 6.36. The van der Waals surface area contributed by atoms with Gasteiger partial charge in [-0.1, -0.05) is 0 Å². The van der Waals surface area contributed by atoms with Crippen molar-refractivity contribution in [2.24, 2.45) is 0 Å². The predicted molar refractivity (Wildman–Crippen MR) is 75.0 cm³/mol. The third-order valence-electron chi connectivity index (χ3n) is 2.74. The summed E-state index contributed by atoms with van der Waals surface area (Å²) < 4.78 is 32.1. The lowest BCUT2D eigenvalue weighted by molar-refractivity contribution is 0.0726. The van der Waals surface area contributed by atoms with Gasteiger partial charge in [0.25, 0.3) is 0 Å². The van der Waals surface area contributed by atoms with E-state index in [-0.39, 0.29) is 19.0 Å². The summed E-state index contributed by atoms with van der Waals surface area (Å²) in [6.07, 6.45) is 0. The summed E-state index contributed by atoms with van der Waals surface area (Å²) in [6.45, 7) is 4.54. The minimum absolute atomic E-state index is 0.0576. The highest BCUT2D eigenvalue weighted by Crippen LogP contribution is 2.05. The average Bonchev–Trinajstić information content (AvgIpc) is 2.37. The smallest absolute Gasteiger partial charge is 0.336 e. The molecule has 0 aromatic carbocycles. The lowest BCUT2D eigenvalue weighted by Crippen LogP contribution is -2.49. The number of aromatic nitrogens is 2. The molecule has 1 fully saturated rings. The molecule has 0 bridgehead atoms. The molecule has 1 aromatic heterocycles. The molecule has 116 valence electrons. The molecule has 2 amide bonds. The highest BCUT2D eigenvalue weighted by Gasteiger charge is 2.26. The van der Waals surface area contributed by atoms with Crippen LogP contribution >= 0.6 is 0 Å². The van der Waals surface area contributed by atoms with Crippen LogP contribution in [0.25, 0.3) is 0 Å². The molecule has 0 spiro atoms. The zero-order valence-corrected chi connectivity index (χ0v) is 12.6.